The second kappa shape index (κ2) is 9.09. The molecule has 0 heterocycles. The number of anilines is 1. The maximum absolute atomic E-state index is 12.3. The highest BCUT2D eigenvalue weighted by molar-refractivity contribution is 8.00. The molecule has 0 bridgehead atoms. The number of carbonyl (C=O) groups is 2. The molecule has 2 rings (SSSR count). The number of nitriles is 1. The van der Waals surface area contributed by atoms with Crippen molar-refractivity contribution in [1.82, 2.24) is 0 Å². The Morgan fingerprint density at radius 2 is 1.70 bits per heavy atom. The number of hydrogen-bond donors (Lipinski definition) is 1. The monoisotopic (exact) mass is 394 g/mol. The van der Waals surface area contributed by atoms with Crippen molar-refractivity contribution in [1.29, 1.82) is 5.26 Å². The van der Waals surface area contributed by atoms with Gasteiger partial charge in [-0.05, 0) is 53.7 Å². The lowest BCUT2D eigenvalue weighted by atomic mass is 10.1. The second-order valence-corrected chi connectivity index (χ2v) is 6.37. The highest BCUT2D eigenvalue weighted by atomic mass is 32.2. The number of halogens is 3. The van der Waals surface area contributed by atoms with Gasteiger partial charge in [0.1, 0.15) is 0 Å². The topological polar surface area (TPSA) is 79.2 Å². The van der Waals surface area contributed by atoms with Crippen molar-refractivity contribution in [3.63, 3.8) is 0 Å². The number of hydrogen-bond acceptors (Lipinski definition) is 5. The molecule has 0 saturated carbocycles. The quantitative estimate of drug-likeness (QED) is 0.588. The molecule has 27 heavy (non-hydrogen) atoms. The molecule has 0 radical (unpaired) electrons. The first kappa shape index (κ1) is 20.3. The van der Waals surface area contributed by atoms with Crippen molar-refractivity contribution in [3.05, 3.63) is 59.7 Å². The fourth-order valence-electron chi connectivity index (χ4n) is 2.00. The van der Waals surface area contributed by atoms with E-state index in [2.05, 4.69) is 5.32 Å². The van der Waals surface area contributed by atoms with Gasteiger partial charge in [0.15, 0.2) is 6.61 Å². The average Bonchev–Trinajstić information content (AvgIpc) is 2.61. The number of esters is 1. The van der Waals surface area contributed by atoms with Gasteiger partial charge in [0.05, 0.1) is 18.1 Å². The number of alkyl halides is 3. The van der Waals surface area contributed by atoms with Gasteiger partial charge in [-0.2, -0.15) is 18.4 Å². The lowest BCUT2D eigenvalue weighted by Crippen LogP contribution is -2.20. The Labute approximate surface area is 157 Å². The van der Waals surface area contributed by atoms with Crippen molar-refractivity contribution in [2.24, 2.45) is 0 Å². The van der Waals surface area contributed by atoms with Crippen LogP contribution in [0, 0.1) is 11.3 Å². The maximum atomic E-state index is 12.3. The Hall–Kier alpha value is -2.99. The molecule has 5 nitrogen and oxygen atoms in total. The number of rotatable bonds is 6. The third-order valence-corrected chi connectivity index (χ3v) is 3.92. The Morgan fingerprint density at radius 3 is 2.26 bits per heavy atom. The van der Waals surface area contributed by atoms with Crippen molar-refractivity contribution < 1.29 is 27.5 Å². The van der Waals surface area contributed by atoms with Gasteiger partial charge in [0.25, 0.3) is 5.91 Å². The predicted molar refractivity (Wildman–Crippen MR) is 93.0 cm³/mol. The Balaban J connectivity index is 1.84. The highest BCUT2D eigenvalue weighted by Crippen LogP contribution is 2.36. The molecule has 0 fully saturated rings. The minimum Gasteiger partial charge on any atom is -0.452 e. The van der Waals surface area contributed by atoms with Crippen LogP contribution in [0.2, 0.25) is 0 Å². The molecule has 0 saturated heterocycles. The van der Waals surface area contributed by atoms with Gasteiger partial charge in [0, 0.05) is 10.6 Å². The first-order valence-electron chi connectivity index (χ1n) is 7.55. The fraction of sp³-hybridized carbons (Fsp3) is 0.167. The van der Waals surface area contributed by atoms with Gasteiger partial charge in [0.2, 0.25) is 0 Å². The summed E-state index contributed by atoms with van der Waals surface area (Å²) in [4.78, 5) is 23.6. The standard InChI is InChI=1S/C18H13F3N2O3S/c19-18(20,21)27-15-7-3-13(4-8-15)17(25)26-11-16(24)23-14-5-1-12(2-6-14)9-10-22/h1-8H,9,11H2,(H,23,24). The number of benzene rings is 2. The molecule has 140 valence electrons. The van der Waals surface area contributed by atoms with Crippen LogP contribution in [0.1, 0.15) is 15.9 Å². The van der Waals surface area contributed by atoms with Crippen LogP contribution in [0.15, 0.2) is 53.4 Å². The Bertz CT molecular complexity index is 844. The third kappa shape index (κ3) is 7.03. The van der Waals surface area contributed by atoms with E-state index in [0.717, 1.165) is 17.7 Å². The molecule has 0 atom stereocenters. The molecule has 1 N–H and O–H groups in total. The van der Waals surface area contributed by atoms with Crippen molar-refractivity contribution in [2.75, 3.05) is 11.9 Å². The average molecular weight is 394 g/mol. The van der Waals surface area contributed by atoms with Crippen LogP contribution in [0.4, 0.5) is 18.9 Å². The summed E-state index contributed by atoms with van der Waals surface area (Å²) in [5.74, 6) is -1.39. The zero-order valence-corrected chi connectivity index (χ0v) is 14.6. The molecule has 0 unspecified atom stereocenters. The minimum atomic E-state index is -4.41. The molecule has 0 aromatic heterocycles. The van der Waals surface area contributed by atoms with E-state index < -0.39 is 24.0 Å². The van der Waals surface area contributed by atoms with Crippen LogP contribution in [0.5, 0.6) is 0 Å². The summed E-state index contributed by atoms with van der Waals surface area (Å²) in [7, 11) is 0. The number of thioether (sulfide) groups is 1. The third-order valence-electron chi connectivity index (χ3n) is 3.18. The lowest BCUT2D eigenvalue weighted by molar-refractivity contribution is -0.119. The van der Waals surface area contributed by atoms with Crippen LogP contribution in [-0.4, -0.2) is 24.0 Å². The zero-order chi connectivity index (χ0) is 19.9. The summed E-state index contributed by atoms with van der Waals surface area (Å²) in [6.45, 7) is -0.544. The minimum absolute atomic E-state index is 0.0372. The molecule has 9 heteroatoms. The highest BCUT2D eigenvalue weighted by Gasteiger charge is 2.29. The van der Waals surface area contributed by atoms with Gasteiger partial charge >= 0.3 is 11.5 Å². The predicted octanol–water partition coefficient (Wildman–Crippen LogP) is 4.16. The molecule has 0 aliphatic rings. The van der Waals surface area contributed by atoms with Gasteiger partial charge in [-0.15, -0.1) is 0 Å². The van der Waals surface area contributed by atoms with Crippen LogP contribution in [0.3, 0.4) is 0 Å². The summed E-state index contributed by atoms with van der Waals surface area (Å²) in [5.41, 5.74) is -3.09. The molecular weight excluding hydrogens is 381 g/mol. The van der Waals surface area contributed by atoms with E-state index >= 15 is 0 Å². The second-order valence-electron chi connectivity index (χ2n) is 5.23. The molecule has 2 aromatic carbocycles. The van der Waals surface area contributed by atoms with Gasteiger partial charge in [-0.3, -0.25) is 4.79 Å². The van der Waals surface area contributed by atoms with E-state index in [4.69, 9.17) is 10.00 Å². The van der Waals surface area contributed by atoms with E-state index in [-0.39, 0.29) is 28.6 Å². The largest absolute Gasteiger partial charge is 0.452 e. The molecular formula is C18H13F3N2O3S. The summed E-state index contributed by atoms with van der Waals surface area (Å²) in [6.07, 6.45) is 0.256. The normalized spacial score (nSPS) is 10.7. The van der Waals surface area contributed by atoms with Crippen LogP contribution in [0.25, 0.3) is 0 Å². The number of nitrogens with zero attached hydrogens (tertiary/aromatic N) is 1. The SMILES string of the molecule is N#CCc1ccc(NC(=O)COC(=O)c2ccc(SC(F)(F)F)cc2)cc1. The Kier molecular flexibility index (Phi) is 6.85. The number of ether oxygens (including phenoxy) is 1. The number of nitrogens with one attached hydrogen (secondary N) is 1. The maximum Gasteiger partial charge on any atom is 0.446 e. The summed E-state index contributed by atoms with van der Waals surface area (Å²) >= 11 is -0.289. The lowest BCUT2D eigenvalue weighted by Gasteiger charge is -2.08. The van der Waals surface area contributed by atoms with Gasteiger partial charge in [-0.1, -0.05) is 12.1 Å². The van der Waals surface area contributed by atoms with Crippen LogP contribution in [-0.2, 0) is 16.0 Å². The molecule has 0 aliphatic heterocycles. The van der Waals surface area contributed by atoms with Gasteiger partial charge < -0.3 is 10.1 Å². The summed E-state index contributed by atoms with van der Waals surface area (Å²) < 4.78 is 41.6. The Morgan fingerprint density at radius 1 is 1.07 bits per heavy atom. The van der Waals surface area contributed by atoms with E-state index in [1.807, 2.05) is 6.07 Å². The van der Waals surface area contributed by atoms with Crippen molar-refractivity contribution in [3.8, 4) is 6.07 Å². The molecule has 0 spiro atoms. The summed E-state index contributed by atoms with van der Waals surface area (Å²) in [6, 6.07) is 13.3. The van der Waals surface area contributed by atoms with E-state index in [9.17, 15) is 22.8 Å². The molecule has 0 aliphatic carbocycles. The molecule has 2 aromatic rings. The first-order chi connectivity index (χ1) is 12.8. The van der Waals surface area contributed by atoms with Crippen LogP contribution >= 0.6 is 11.8 Å². The number of carbonyl (C=O) groups excluding carboxylic acids is 2. The zero-order valence-electron chi connectivity index (χ0n) is 13.7. The van der Waals surface area contributed by atoms with E-state index in [1.54, 1.807) is 24.3 Å². The van der Waals surface area contributed by atoms with Crippen molar-refractivity contribution in [2.45, 2.75) is 16.8 Å². The fourth-order valence-corrected chi connectivity index (χ4v) is 2.54. The van der Waals surface area contributed by atoms with Crippen LogP contribution < -0.4 is 5.32 Å². The molecule has 1 amide bonds. The summed E-state index contributed by atoms with van der Waals surface area (Å²) in [5, 5.41) is 11.1. The first-order valence-corrected chi connectivity index (χ1v) is 8.37. The number of amides is 1. The van der Waals surface area contributed by atoms with E-state index in [0.29, 0.717) is 5.69 Å². The van der Waals surface area contributed by atoms with E-state index in [1.165, 1.54) is 12.1 Å². The van der Waals surface area contributed by atoms with Crippen molar-refractivity contribution >= 4 is 29.3 Å². The van der Waals surface area contributed by atoms with Gasteiger partial charge in [-0.25, -0.2) is 4.79 Å². The smallest absolute Gasteiger partial charge is 0.446 e.